The summed E-state index contributed by atoms with van der Waals surface area (Å²) in [6.07, 6.45) is 0. The molecule has 0 saturated heterocycles. The lowest BCUT2D eigenvalue weighted by Crippen LogP contribution is -2.30. The van der Waals surface area contributed by atoms with Crippen LogP contribution in [0.2, 0.25) is 0 Å². The zero-order chi connectivity index (χ0) is 24.4. The second kappa shape index (κ2) is 10.5. The lowest BCUT2D eigenvalue weighted by molar-refractivity contribution is 0.474. The molecule has 2 aromatic carbocycles. The molecule has 180 valence electrons. The Balaban J connectivity index is 3.05. The van der Waals surface area contributed by atoms with E-state index in [2.05, 4.69) is 149 Å². The number of hydrogen-bond donors (Lipinski definition) is 0. The van der Waals surface area contributed by atoms with Crippen LogP contribution in [0.3, 0.4) is 0 Å². The molecule has 32 heavy (non-hydrogen) atoms. The van der Waals surface area contributed by atoms with Gasteiger partial charge in [0.1, 0.15) is 0 Å². The molecule has 2 aromatic rings. The molecule has 0 heterocycles. The van der Waals surface area contributed by atoms with Crippen LogP contribution in [0.25, 0.3) is 10.8 Å². The van der Waals surface area contributed by atoms with Gasteiger partial charge in [-0.05, 0) is 102 Å². The van der Waals surface area contributed by atoms with Crippen LogP contribution in [0.15, 0.2) is 45.9 Å². The minimum absolute atomic E-state index is 0.973. The van der Waals surface area contributed by atoms with E-state index in [1.54, 1.807) is 0 Å². The Labute approximate surface area is 195 Å². The van der Waals surface area contributed by atoms with Crippen molar-refractivity contribution in [2.24, 2.45) is 9.49 Å². The Kier molecular flexibility index (Phi) is 8.88. The second-order valence-electron chi connectivity index (χ2n) is 9.01. The van der Waals surface area contributed by atoms with E-state index >= 15 is 0 Å². The first-order valence-electron chi connectivity index (χ1n) is 10.7. The molecule has 0 atom stereocenters. The van der Waals surface area contributed by atoms with Gasteiger partial charge in [0, 0.05) is 5.39 Å². The van der Waals surface area contributed by atoms with E-state index in [4.69, 9.17) is 9.49 Å². The highest BCUT2D eigenvalue weighted by Gasteiger charge is 2.31. The largest absolute Gasteiger partial charge is 0.252 e. The van der Waals surface area contributed by atoms with Crippen LogP contribution in [-0.2, 0) is 0 Å². The van der Waals surface area contributed by atoms with Gasteiger partial charge in [-0.25, -0.2) is 9.49 Å². The van der Waals surface area contributed by atoms with Crippen LogP contribution in [0, 0.1) is 0 Å². The normalized spacial score (nSPS) is 13.4. The molecule has 2 rings (SSSR count). The van der Waals surface area contributed by atoms with Gasteiger partial charge < -0.3 is 0 Å². The Bertz CT molecular complexity index is 906. The highest BCUT2D eigenvalue weighted by atomic mass is 31.2. The quantitative estimate of drug-likeness (QED) is 0.474. The Morgan fingerprint density at radius 2 is 0.750 bits per heavy atom. The van der Waals surface area contributed by atoms with E-state index in [0.29, 0.717) is 0 Å². The summed E-state index contributed by atoms with van der Waals surface area (Å²) in [5.41, 5.74) is 1.95. The third kappa shape index (κ3) is 4.75. The fourth-order valence-electron chi connectivity index (χ4n) is 4.44. The highest BCUT2D eigenvalue weighted by molar-refractivity contribution is 7.59. The van der Waals surface area contributed by atoms with Crippen molar-refractivity contribution in [2.75, 3.05) is 84.6 Å². The Morgan fingerprint density at radius 3 is 1.00 bits per heavy atom. The van der Waals surface area contributed by atoms with Crippen molar-refractivity contribution in [3.8, 4) is 0 Å². The summed E-state index contributed by atoms with van der Waals surface area (Å²) in [6.45, 7) is 0. The maximum atomic E-state index is 5.44. The van der Waals surface area contributed by atoms with E-state index in [0.717, 1.165) is 22.1 Å². The molecule has 0 bridgehead atoms. The maximum Gasteiger partial charge on any atom is 0.171 e. The third-order valence-electron chi connectivity index (χ3n) is 5.56. The van der Waals surface area contributed by atoms with Crippen molar-refractivity contribution in [1.82, 2.24) is 28.0 Å². The summed E-state index contributed by atoms with van der Waals surface area (Å²) >= 11 is 0. The van der Waals surface area contributed by atoms with Gasteiger partial charge in [-0.3, -0.25) is 28.0 Å². The second-order valence-corrected chi connectivity index (χ2v) is 16.4. The third-order valence-corrected chi connectivity index (χ3v) is 13.0. The molecule has 0 aliphatic rings. The lowest BCUT2D eigenvalue weighted by Gasteiger charge is -2.41. The van der Waals surface area contributed by atoms with Crippen LogP contribution in [0.5, 0.6) is 0 Å². The Hall–Kier alpha value is -1.08. The van der Waals surface area contributed by atoms with Crippen LogP contribution in [0.4, 0.5) is 11.4 Å². The molecule has 0 aromatic heterocycles. The molecule has 0 fully saturated rings. The molecule has 10 heteroatoms. The number of fused-ring (bicyclic) bond motifs is 1. The van der Waals surface area contributed by atoms with Gasteiger partial charge in [0.15, 0.2) is 15.0 Å². The lowest BCUT2D eigenvalue weighted by atomic mass is 10.1. The summed E-state index contributed by atoms with van der Waals surface area (Å²) < 4.78 is 24.3. The van der Waals surface area contributed by atoms with Crippen LogP contribution in [-0.4, -0.2) is 113 Å². The van der Waals surface area contributed by atoms with E-state index in [1.165, 1.54) is 0 Å². The van der Waals surface area contributed by atoms with Gasteiger partial charge in [0.2, 0.25) is 0 Å². The van der Waals surface area contributed by atoms with Crippen molar-refractivity contribution in [3.63, 3.8) is 0 Å². The summed E-state index contributed by atoms with van der Waals surface area (Å²) in [4.78, 5) is 0. The average molecular weight is 481 g/mol. The Morgan fingerprint density at radius 1 is 0.469 bits per heavy atom. The number of rotatable bonds is 8. The summed E-state index contributed by atoms with van der Waals surface area (Å²) in [7, 11) is 21.1. The topological polar surface area (TPSA) is 44.2 Å². The molecule has 0 amide bonds. The molecule has 0 spiro atoms. The first-order valence-corrected chi connectivity index (χ1v) is 13.9. The summed E-state index contributed by atoms with van der Waals surface area (Å²) in [5, 5.41) is 2.25. The smallest absolute Gasteiger partial charge is 0.171 e. The number of nitrogens with zero attached hydrogens (tertiary/aromatic N) is 8. The number of benzene rings is 2. The van der Waals surface area contributed by atoms with Crippen LogP contribution >= 0.6 is 15.0 Å². The van der Waals surface area contributed by atoms with Crippen molar-refractivity contribution >= 4 is 37.2 Å². The SMILES string of the molecule is CN(C)P(=Nc1cccc2cccc(N=P(N(C)C)(N(C)C)N(C)C)c12)(N(C)C)N(C)C. The van der Waals surface area contributed by atoms with Crippen LogP contribution in [0.1, 0.15) is 0 Å². The predicted octanol–water partition coefficient (Wildman–Crippen LogP) is 5.36. The van der Waals surface area contributed by atoms with E-state index in [9.17, 15) is 0 Å². The fourth-order valence-corrected chi connectivity index (χ4v) is 10.7. The predicted molar refractivity (Wildman–Crippen MR) is 144 cm³/mol. The van der Waals surface area contributed by atoms with E-state index in [-0.39, 0.29) is 0 Å². The first-order chi connectivity index (χ1) is 14.8. The number of hydrogen-bond acceptors (Lipinski definition) is 2. The van der Waals surface area contributed by atoms with Crippen molar-refractivity contribution in [3.05, 3.63) is 36.4 Å². The molecular weight excluding hydrogens is 438 g/mol. The average Bonchev–Trinajstić information content (AvgIpc) is 2.68. The van der Waals surface area contributed by atoms with Crippen molar-refractivity contribution in [1.29, 1.82) is 0 Å². The highest BCUT2D eigenvalue weighted by Crippen LogP contribution is 2.60. The van der Waals surface area contributed by atoms with Crippen molar-refractivity contribution in [2.45, 2.75) is 0 Å². The molecule has 8 nitrogen and oxygen atoms in total. The molecule has 0 radical (unpaired) electrons. The molecule has 0 aliphatic heterocycles. The zero-order valence-electron chi connectivity index (χ0n) is 21.9. The molecule has 0 aliphatic carbocycles. The molecule has 0 unspecified atom stereocenters. The van der Waals surface area contributed by atoms with E-state index < -0.39 is 15.0 Å². The molecule has 0 N–H and O–H groups in total. The fraction of sp³-hybridized carbons (Fsp3) is 0.545. The van der Waals surface area contributed by atoms with Crippen molar-refractivity contribution < 1.29 is 0 Å². The zero-order valence-corrected chi connectivity index (χ0v) is 23.7. The van der Waals surface area contributed by atoms with Gasteiger partial charge in [0.25, 0.3) is 0 Å². The van der Waals surface area contributed by atoms with Gasteiger partial charge in [-0.2, -0.15) is 0 Å². The summed E-state index contributed by atoms with van der Waals surface area (Å²) in [6, 6.07) is 12.7. The van der Waals surface area contributed by atoms with Gasteiger partial charge in [0.05, 0.1) is 11.4 Å². The van der Waals surface area contributed by atoms with E-state index in [1.807, 2.05) is 0 Å². The molecule has 0 saturated carbocycles. The minimum atomic E-state index is -2.11. The standard InChI is InChI=1S/C22H42N8P2/c1-25(2)31(26(3)4,27(5)6)23-20-17-13-15-19-16-14-18-21(22(19)20)24-32(28(7)8,29(9)10)30(11)12/h13-18H,1-12H3. The monoisotopic (exact) mass is 480 g/mol. The van der Waals surface area contributed by atoms with Crippen LogP contribution < -0.4 is 0 Å². The van der Waals surface area contributed by atoms with Gasteiger partial charge >= 0.3 is 0 Å². The minimum Gasteiger partial charge on any atom is -0.252 e. The summed E-state index contributed by atoms with van der Waals surface area (Å²) in [5.74, 6) is 0. The molecular formula is C22H42N8P2. The maximum absolute atomic E-state index is 5.44. The first kappa shape index (κ1) is 27.2. The van der Waals surface area contributed by atoms with Gasteiger partial charge in [-0.15, -0.1) is 0 Å². The van der Waals surface area contributed by atoms with Gasteiger partial charge in [-0.1, -0.05) is 24.3 Å².